The number of rotatable bonds is 7. The van der Waals surface area contributed by atoms with Crippen LogP contribution in [0.3, 0.4) is 0 Å². The zero-order valence-corrected chi connectivity index (χ0v) is 17.1. The maximum absolute atomic E-state index is 12.9. The molecule has 0 aliphatic carbocycles. The van der Waals surface area contributed by atoms with Crippen molar-refractivity contribution in [3.8, 4) is 11.3 Å². The van der Waals surface area contributed by atoms with Crippen molar-refractivity contribution in [1.29, 1.82) is 0 Å². The summed E-state index contributed by atoms with van der Waals surface area (Å²) in [5.41, 5.74) is 2.45. The monoisotopic (exact) mass is 420 g/mol. The Hall–Kier alpha value is -4.08. The summed E-state index contributed by atoms with van der Waals surface area (Å²) in [6.07, 6.45) is 2.79. The fraction of sp³-hybridized carbons (Fsp3) is 0.238. The van der Waals surface area contributed by atoms with E-state index in [-0.39, 0.29) is 19.0 Å². The normalized spacial score (nSPS) is 11.0. The fourth-order valence-corrected chi connectivity index (χ4v) is 3.39. The Balaban J connectivity index is 1.62. The number of aryl methyl sites for hydroxylation is 2. The first-order valence-electron chi connectivity index (χ1n) is 9.75. The summed E-state index contributed by atoms with van der Waals surface area (Å²) in [7, 11) is 0. The number of nitro groups is 1. The van der Waals surface area contributed by atoms with Crippen LogP contribution in [0.4, 0.5) is 5.82 Å². The van der Waals surface area contributed by atoms with Crippen LogP contribution in [-0.4, -0.2) is 41.8 Å². The maximum atomic E-state index is 12.9. The highest BCUT2D eigenvalue weighted by molar-refractivity contribution is 6.03. The zero-order valence-electron chi connectivity index (χ0n) is 17.1. The Labute approximate surface area is 177 Å². The summed E-state index contributed by atoms with van der Waals surface area (Å²) in [6, 6.07) is 11.2. The molecule has 0 spiro atoms. The molecule has 0 atom stereocenters. The largest absolute Gasteiger partial charge is 0.458 e. The molecule has 0 saturated heterocycles. The number of carbonyl (C=O) groups is 1. The van der Waals surface area contributed by atoms with Crippen molar-refractivity contribution in [2.75, 3.05) is 6.61 Å². The summed E-state index contributed by atoms with van der Waals surface area (Å²) in [5, 5.41) is 16.0. The third kappa shape index (κ3) is 3.87. The van der Waals surface area contributed by atoms with Crippen molar-refractivity contribution in [2.45, 2.75) is 26.9 Å². The first-order valence-corrected chi connectivity index (χ1v) is 9.75. The van der Waals surface area contributed by atoms with Gasteiger partial charge in [0.25, 0.3) is 0 Å². The van der Waals surface area contributed by atoms with Gasteiger partial charge in [0.15, 0.2) is 11.5 Å². The van der Waals surface area contributed by atoms with E-state index in [4.69, 9.17) is 4.74 Å². The van der Waals surface area contributed by atoms with Gasteiger partial charge < -0.3 is 14.9 Å². The van der Waals surface area contributed by atoms with Crippen LogP contribution < -0.4 is 0 Å². The number of aromatic nitrogens is 5. The lowest BCUT2D eigenvalue weighted by molar-refractivity contribution is -0.392. The van der Waals surface area contributed by atoms with Crippen molar-refractivity contribution in [1.82, 2.24) is 24.3 Å². The van der Waals surface area contributed by atoms with E-state index in [1.54, 1.807) is 23.9 Å². The Morgan fingerprint density at radius 1 is 1.23 bits per heavy atom. The third-order valence-corrected chi connectivity index (χ3v) is 4.97. The third-order valence-electron chi connectivity index (χ3n) is 4.97. The average molecular weight is 420 g/mol. The highest BCUT2D eigenvalue weighted by Crippen LogP contribution is 2.25. The highest BCUT2D eigenvalue weighted by Gasteiger charge is 2.20. The summed E-state index contributed by atoms with van der Waals surface area (Å²) in [4.78, 5) is 32.2. The minimum Gasteiger partial charge on any atom is -0.458 e. The van der Waals surface area contributed by atoms with Crippen LogP contribution in [0, 0.1) is 17.0 Å². The van der Waals surface area contributed by atoms with Gasteiger partial charge in [0.2, 0.25) is 0 Å². The molecule has 0 aliphatic rings. The van der Waals surface area contributed by atoms with Crippen molar-refractivity contribution in [2.24, 2.45) is 0 Å². The molecule has 4 rings (SSSR count). The lowest BCUT2D eigenvalue weighted by atomic mass is 10.1. The summed E-state index contributed by atoms with van der Waals surface area (Å²) in [6.45, 7) is 4.30. The predicted octanol–water partition coefficient (Wildman–Crippen LogP) is 3.39. The van der Waals surface area contributed by atoms with E-state index in [0.29, 0.717) is 34.7 Å². The molecule has 0 fully saturated rings. The molecular weight excluding hydrogens is 400 g/mol. The smallest absolute Gasteiger partial charge is 0.342 e. The zero-order chi connectivity index (χ0) is 22.0. The van der Waals surface area contributed by atoms with Crippen LogP contribution in [0.15, 0.2) is 48.8 Å². The van der Waals surface area contributed by atoms with E-state index < -0.39 is 10.9 Å². The second-order valence-electron chi connectivity index (χ2n) is 6.83. The van der Waals surface area contributed by atoms with Crippen LogP contribution in [0.2, 0.25) is 0 Å². The molecule has 3 heterocycles. The van der Waals surface area contributed by atoms with Gasteiger partial charge in [-0.25, -0.2) is 24.0 Å². The fourth-order valence-electron chi connectivity index (χ4n) is 3.39. The number of hydrogen-bond donors (Lipinski definition) is 0. The molecule has 0 radical (unpaired) electrons. The molecule has 0 saturated carbocycles. The predicted molar refractivity (Wildman–Crippen MR) is 113 cm³/mol. The van der Waals surface area contributed by atoms with Gasteiger partial charge in [-0.1, -0.05) is 30.3 Å². The molecular formula is C21H20N6O4. The van der Waals surface area contributed by atoms with Crippen molar-refractivity contribution in [3.05, 3.63) is 70.3 Å². The van der Waals surface area contributed by atoms with Gasteiger partial charge in [0.1, 0.15) is 19.3 Å². The molecule has 3 aromatic heterocycles. The topological polar surface area (TPSA) is 118 Å². The molecule has 158 valence electrons. The van der Waals surface area contributed by atoms with Crippen LogP contribution in [0.25, 0.3) is 22.3 Å². The second kappa shape index (κ2) is 8.34. The van der Waals surface area contributed by atoms with Crippen molar-refractivity contribution < 1.29 is 14.5 Å². The molecule has 0 bridgehead atoms. The van der Waals surface area contributed by atoms with Gasteiger partial charge in [-0.2, -0.15) is 5.10 Å². The lowest BCUT2D eigenvalue weighted by Gasteiger charge is -2.09. The van der Waals surface area contributed by atoms with Crippen LogP contribution in [-0.2, 0) is 17.8 Å². The Bertz CT molecular complexity index is 1260. The van der Waals surface area contributed by atoms with E-state index in [2.05, 4.69) is 15.1 Å². The highest BCUT2D eigenvalue weighted by atomic mass is 16.6. The molecule has 0 N–H and O–H groups in total. The molecule has 4 aromatic rings. The average Bonchev–Trinajstić information content (AvgIpc) is 3.37. The quantitative estimate of drug-likeness (QED) is 0.255. The number of fused-ring (bicyclic) bond motifs is 1. The van der Waals surface area contributed by atoms with E-state index in [9.17, 15) is 14.9 Å². The minimum atomic E-state index is -0.541. The summed E-state index contributed by atoms with van der Waals surface area (Å²) in [5.74, 6) is -0.208. The first-order chi connectivity index (χ1) is 15.0. The first kappa shape index (κ1) is 20.2. The Morgan fingerprint density at radius 3 is 2.71 bits per heavy atom. The van der Waals surface area contributed by atoms with E-state index in [0.717, 1.165) is 5.56 Å². The summed E-state index contributed by atoms with van der Waals surface area (Å²) >= 11 is 0. The van der Waals surface area contributed by atoms with E-state index >= 15 is 0 Å². The molecule has 0 amide bonds. The van der Waals surface area contributed by atoms with Gasteiger partial charge in [0.05, 0.1) is 22.8 Å². The lowest BCUT2D eigenvalue weighted by Crippen LogP contribution is -2.14. The van der Waals surface area contributed by atoms with Gasteiger partial charge >= 0.3 is 11.8 Å². The van der Waals surface area contributed by atoms with Gasteiger partial charge in [-0.15, -0.1) is 0 Å². The Kier molecular flexibility index (Phi) is 5.44. The number of ether oxygens (including phenoxy) is 1. The summed E-state index contributed by atoms with van der Waals surface area (Å²) < 4.78 is 8.58. The molecule has 10 heteroatoms. The Morgan fingerprint density at radius 2 is 2.00 bits per heavy atom. The number of hydrogen-bond acceptors (Lipinski definition) is 7. The van der Waals surface area contributed by atoms with Gasteiger partial charge in [0, 0.05) is 19.0 Å². The van der Waals surface area contributed by atoms with E-state index in [1.807, 2.05) is 37.3 Å². The van der Waals surface area contributed by atoms with Crippen LogP contribution in [0.1, 0.15) is 23.1 Å². The number of carbonyl (C=O) groups excluding carboxylic acids is 1. The van der Waals surface area contributed by atoms with Crippen LogP contribution >= 0.6 is 0 Å². The van der Waals surface area contributed by atoms with E-state index in [1.165, 1.54) is 10.8 Å². The second-order valence-corrected chi connectivity index (χ2v) is 6.83. The van der Waals surface area contributed by atoms with Crippen molar-refractivity contribution in [3.63, 3.8) is 0 Å². The molecule has 0 unspecified atom stereocenters. The number of imidazole rings is 1. The number of esters is 1. The van der Waals surface area contributed by atoms with Crippen LogP contribution in [0.5, 0.6) is 0 Å². The minimum absolute atomic E-state index is 0.0384. The van der Waals surface area contributed by atoms with Gasteiger partial charge in [-0.05, 0) is 17.9 Å². The van der Waals surface area contributed by atoms with Gasteiger partial charge in [-0.3, -0.25) is 0 Å². The molecule has 1 aromatic carbocycles. The number of pyridine rings is 1. The number of nitrogens with zero attached hydrogens (tertiary/aromatic N) is 6. The molecule has 0 aliphatic heterocycles. The maximum Gasteiger partial charge on any atom is 0.342 e. The van der Waals surface area contributed by atoms with Crippen molar-refractivity contribution >= 4 is 22.8 Å². The number of benzene rings is 1. The molecule has 10 nitrogen and oxygen atoms in total. The standard InChI is InChI=1S/C21H20N6O4/c1-3-26-20-17(12-23-26)16(11-18(24-20)15-7-5-4-6-8-15)21(28)31-10-9-25-14(2)22-13-19(25)27(29)30/h4-8,11-13H,3,9-10H2,1-2H3. The SMILES string of the molecule is CCn1ncc2c(C(=O)OCCn3c([N+](=O)[O-])cnc3C)cc(-c3ccccc3)nc21. The molecule has 31 heavy (non-hydrogen) atoms.